The van der Waals surface area contributed by atoms with E-state index < -0.39 is 0 Å². The molecule has 0 bridgehead atoms. The van der Waals surface area contributed by atoms with Crippen molar-refractivity contribution in [3.05, 3.63) is 59.9 Å². The molecule has 3 heteroatoms. The summed E-state index contributed by atoms with van der Waals surface area (Å²) in [6, 6.07) is 13.5. The van der Waals surface area contributed by atoms with Crippen LogP contribution >= 0.6 is 0 Å². The third-order valence-electron chi connectivity index (χ3n) is 3.20. The molecule has 2 nitrogen and oxygen atoms in total. The summed E-state index contributed by atoms with van der Waals surface area (Å²) in [6.07, 6.45) is 1.75. The number of aliphatic hydroxyl groups is 1. The van der Waals surface area contributed by atoms with Gasteiger partial charge in [-0.05, 0) is 24.5 Å². The van der Waals surface area contributed by atoms with Crippen molar-refractivity contribution in [2.75, 3.05) is 6.61 Å². The van der Waals surface area contributed by atoms with Gasteiger partial charge in [-0.1, -0.05) is 42.5 Å². The molecule has 0 aliphatic heterocycles. The number of rotatable bonds is 6. The number of aliphatic hydroxyl groups excluding tert-OH is 1. The molecule has 20 heavy (non-hydrogen) atoms. The Morgan fingerprint density at radius 2 is 1.70 bits per heavy atom. The van der Waals surface area contributed by atoms with Gasteiger partial charge in [-0.3, -0.25) is 4.79 Å². The van der Waals surface area contributed by atoms with E-state index in [1.54, 1.807) is 42.5 Å². The molecule has 0 aromatic heterocycles. The fraction of sp³-hybridized carbons (Fsp3) is 0.235. The minimum Gasteiger partial charge on any atom is -0.396 e. The van der Waals surface area contributed by atoms with Crippen LogP contribution < -0.4 is 0 Å². The molecule has 2 aromatic rings. The Hall–Kier alpha value is -2.00. The summed E-state index contributed by atoms with van der Waals surface area (Å²) in [5.41, 5.74) is 1.92. The first kappa shape index (κ1) is 14.4. The smallest absolute Gasteiger partial charge is 0.162 e. The normalized spacial score (nSPS) is 10.5. The number of carbonyl (C=O) groups excluding carboxylic acids is 1. The first-order valence-electron chi connectivity index (χ1n) is 6.71. The largest absolute Gasteiger partial charge is 0.396 e. The summed E-state index contributed by atoms with van der Waals surface area (Å²) in [6.45, 7) is 0.111. The molecule has 0 unspecified atom stereocenters. The van der Waals surface area contributed by atoms with Gasteiger partial charge in [0, 0.05) is 24.2 Å². The molecule has 0 radical (unpaired) electrons. The molecular weight excluding hydrogens is 255 g/mol. The molecule has 0 fully saturated rings. The molecule has 0 aliphatic rings. The minimum atomic E-state index is -0.269. The number of unbranched alkanes of at least 4 members (excludes halogenated alkanes) is 1. The summed E-state index contributed by atoms with van der Waals surface area (Å²) in [7, 11) is 0. The predicted octanol–water partition coefficient (Wildman–Crippen LogP) is 3.84. The van der Waals surface area contributed by atoms with Crippen LogP contribution in [-0.2, 0) is 0 Å². The number of Topliss-reactive ketones (excluding diaryl/α,β-unsaturated/α-hetero) is 1. The lowest BCUT2D eigenvalue weighted by Gasteiger charge is -2.05. The van der Waals surface area contributed by atoms with Gasteiger partial charge in [-0.25, -0.2) is 4.39 Å². The van der Waals surface area contributed by atoms with Gasteiger partial charge in [0.25, 0.3) is 0 Å². The van der Waals surface area contributed by atoms with Crippen molar-refractivity contribution in [3.8, 4) is 11.1 Å². The fourth-order valence-electron chi connectivity index (χ4n) is 2.07. The van der Waals surface area contributed by atoms with Gasteiger partial charge in [0.1, 0.15) is 5.82 Å². The van der Waals surface area contributed by atoms with E-state index in [1.807, 2.05) is 0 Å². The Labute approximate surface area is 117 Å². The lowest BCUT2D eigenvalue weighted by Crippen LogP contribution is -1.99. The van der Waals surface area contributed by atoms with Crippen molar-refractivity contribution in [1.82, 2.24) is 0 Å². The summed E-state index contributed by atoms with van der Waals surface area (Å²) < 4.78 is 13.6. The van der Waals surface area contributed by atoms with E-state index in [2.05, 4.69) is 0 Å². The molecule has 2 rings (SSSR count). The van der Waals surface area contributed by atoms with Gasteiger partial charge >= 0.3 is 0 Å². The van der Waals surface area contributed by atoms with Crippen molar-refractivity contribution in [1.29, 1.82) is 0 Å². The van der Waals surface area contributed by atoms with Gasteiger partial charge in [-0.2, -0.15) is 0 Å². The van der Waals surface area contributed by atoms with E-state index in [1.165, 1.54) is 6.07 Å². The van der Waals surface area contributed by atoms with Crippen LogP contribution in [0.3, 0.4) is 0 Å². The first-order chi connectivity index (χ1) is 9.72. The molecule has 0 amide bonds. The van der Waals surface area contributed by atoms with Gasteiger partial charge < -0.3 is 5.11 Å². The van der Waals surface area contributed by atoms with E-state index in [0.29, 0.717) is 30.4 Å². The summed E-state index contributed by atoms with van der Waals surface area (Å²) in [5.74, 6) is -0.215. The zero-order valence-corrected chi connectivity index (χ0v) is 11.2. The second kappa shape index (κ2) is 6.96. The highest BCUT2D eigenvalue weighted by Gasteiger charge is 2.07. The van der Waals surface area contributed by atoms with Gasteiger partial charge in [0.2, 0.25) is 0 Å². The molecule has 0 spiro atoms. The highest BCUT2D eigenvalue weighted by atomic mass is 19.1. The Balaban J connectivity index is 2.10. The molecule has 0 atom stereocenters. The molecule has 104 valence electrons. The Kier molecular flexibility index (Phi) is 5.02. The number of benzene rings is 2. The molecule has 2 aromatic carbocycles. The maximum absolute atomic E-state index is 13.6. The highest BCUT2D eigenvalue weighted by Crippen LogP contribution is 2.23. The minimum absolute atomic E-state index is 0.0542. The summed E-state index contributed by atoms with van der Waals surface area (Å²) in [5, 5.41) is 8.69. The lowest BCUT2D eigenvalue weighted by molar-refractivity contribution is 0.0977. The summed E-state index contributed by atoms with van der Waals surface area (Å²) in [4.78, 5) is 11.9. The van der Waals surface area contributed by atoms with Crippen LogP contribution in [0.5, 0.6) is 0 Å². The quantitative estimate of drug-likeness (QED) is 0.641. The van der Waals surface area contributed by atoms with Crippen LogP contribution in [-0.4, -0.2) is 17.5 Å². The monoisotopic (exact) mass is 272 g/mol. The van der Waals surface area contributed by atoms with E-state index in [4.69, 9.17) is 5.11 Å². The zero-order chi connectivity index (χ0) is 14.4. The van der Waals surface area contributed by atoms with Gasteiger partial charge in [-0.15, -0.1) is 0 Å². The maximum Gasteiger partial charge on any atom is 0.162 e. The van der Waals surface area contributed by atoms with Crippen molar-refractivity contribution >= 4 is 5.78 Å². The maximum atomic E-state index is 13.6. The second-order valence-electron chi connectivity index (χ2n) is 4.66. The zero-order valence-electron chi connectivity index (χ0n) is 11.2. The SMILES string of the molecule is O=C(CCCCO)c1ccc(-c2ccccc2F)cc1. The average molecular weight is 272 g/mol. The van der Waals surface area contributed by atoms with Crippen LogP contribution in [0.25, 0.3) is 11.1 Å². The molecule has 0 saturated carbocycles. The van der Waals surface area contributed by atoms with Crippen molar-refractivity contribution in [3.63, 3.8) is 0 Å². The van der Waals surface area contributed by atoms with E-state index in [9.17, 15) is 9.18 Å². The number of hydrogen-bond donors (Lipinski definition) is 1. The number of ketones is 1. The van der Waals surface area contributed by atoms with Crippen LogP contribution in [0.1, 0.15) is 29.6 Å². The second-order valence-corrected chi connectivity index (χ2v) is 4.66. The lowest BCUT2D eigenvalue weighted by atomic mass is 10.0. The van der Waals surface area contributed by atoms with Crippen molar-refractivity contribution in [2.45, 2.75) is 19.3 Å². The van der Waals surface area contributed by atoms with Crippen molar-refractivity contribution in [2.24, 2.45) is 0 Å². The van der Waals surface area contributed by atoms with Gasteiger partial charge in [0.05, 0.1) is 0 Å². The van der Waals surface area contributed by atoms with Crippen LogP contribution in [0.15, 0.2) is 48.5 Å². The van der Waals surface area contributed by atoms with Crippen LogP contribution in [0, 0.1) is 5.82 Å². The number of halogens is 1. The Morgan fingerprint density at radius 3 is 2.35 bits per heavy atom. The molecule has 1 N–H and O–H groups in total. The predicted molar refractivity (Wildman–Crippen MR) is 77.1 cm³/mol. The molecule has 0 heterocycles. The van der Waals surface area contributed by atoms with Crippen LogP contribution in [0.4, 0.5) is 4.39 Å². The van der Waals surface area contributed by atoms with E-state index in [-0.39, 0.29) is 18.2 Å². The highest BCUT2D eigenvalue weighted by molar-refractivity contribution is 5.96. The average Bonchev–Trinajstić information content (AvgIpc) is 2.48. The topological polar surface area (TPSA) is 37.3 Å². The Bertz CT molecular complexity index is 576. The van der Waals surface area contributed by atoms with Gasteiger partial charge in [0.15, 0.2) is 5.78 Å². The number of hydrogen-bond acceptors (Lipinski definition) is 2. The van der Waals surface area contributed by atoms with E-state index >= 15 is 0 Å². The third kappa shape index (κ3) is 3.52. The van der Waals surface area contributed by atoms with Crippen LogP contribution in [0.2, 0.25) is 0 Å². The van der Waals surface area contributed by atoms with Crippen molar-refractivity contribution < 1.29 is 14.3 Å². The number of carbonyl (C=O) groups is 1. The molecule has 0 aliphatic carbocycles. The Morgan fingerprint density at radius 1 is 1.00 bits per heavy atom. The molecule has 0 saturated heterocycles. The first-order valence-corrected chi connectivity index (χ1v) is 6.71. The molecular formula is C17H17FO2. The van der Waals surface area contributed by atoms with E-state index in [0.717, 1.165) is 5.56 Å². The fourth-order valence-corrected chi connectivity index (χ4v) is 2.07. The standard InChI is InChI=1S/C17H17FO2/c18-16-6-2-1-5-15(16)13-8-10-14(11-9-13)17(20)7-3-4-12-19/h1-2,5-6,8-11,19H,3-4,7,12H2. The summed E-state index contributed by atoms with van der Waals surface area (Å²) >= 11 is 0. The third-order valence-corrected chi connectivity index (χ3v) is 3.20.